The average Bonchev–Trinajstić information content (AvgIpc) is 3.26. The van der Waals surface area contributed by atoms with Gasteiger partial charge in [0.2, 0.25) is 11.8 Å². The highest BCUT2D eigenvalue weighted by Gasteiger charge is 2.40. The van der Waals surface area contributed by atoms with E-state index in [1.165, 1.54) is 13.3 Å². The lowest BCUT2D eigenvalue weighted by Gasteiger charge is -2.39. The van der Waals surface area contributed by atoms with E-state index in [-0.39, 0.29) is 11.8 Å². The second-order valence-corrected chi connectivity index (χ2v) is 8.54. The van der Waals surface area contributed by atoms with E-state index in [1.807, 2.05) is 4.90 Å². The number of halogens is 1. The highest BCUT2D eigenvalue weighted by Crippen LogP contribution is 2.33. The van der Waals surface area contributed by atoms with Gasteiger partial charge >= 0.3 is 0 Å². The molecule has 0 spiro atoms. The Morgan fingerprint density at radius 3 is 2.81 bits per heavy atom. The molecule has 0 bridgehead atoms. The number of carbonyl (C=O) groups is 1. The van der Waals surface area contributed by atoms with Crippen LogP contribution in [0.4, 0.5) is 0 Å². The number of methoxy groups -OCH3 is 1. The first-order chi connectivity index (χ1) is 14.9. The van der Waals surface area contributed by atoms with Crippen molar-refractivity contribution in [1.29, 1.82) is 5.26 Å². The smallest absolute Gasteiger partial charge is 0.224 e. The summed E-state index contributed by atoms with van der Waals surface area (Å²) >= 11 is 6.24. The Morgan fingerprint density at radius 1 is 1.45 bits per heavy atom. The van der Waals surface area contributed by atoms with E-state index in [0.717, 1.165) is 19.3 Å². The lowest BCUT2D eigenvalue weighted by Crippen LogP contribution is -2.55. The number of aliphatic hydroxyl groups excluding tert-OH is 1. The Hall–Kier alpha value is -2.67. The van der Waals surface area contributed by atoms with Crippen LogP contribution in [0.5, 0.6) is 5.88 Å². The van der Waals surface area contributed by atoms with Crippen LogP contribution in [0.1, 0.15) is 44.0 Å². The Kier molecular flexibility index (Phi) is 6.14. The van der Waals surface area contributed by atoms with Crippen molar-refractivity contribution in [3.8, 4) is 23.2 Å². The van der Waals surface area contributed by atoms with Crippen LogP contribution >= 0.6 is 11.6 Å². The number of likely N-dealkylation sites (tertiary alicyclic amines) is 1. The SMILES string of the molecule is COc1cc(-c2cc(C(O)N3CCC(C(=O)NC4(C#N)CCC4)CC3)[nH]n2)c(Cl)cn1. The molecular formula is C21H25ClN6O3. The van der Waals surface area contributed by atoms with Gasteiger partial charge in [-0.05, 0) is 38.2 Å². The van der Waals surface area contributed by atoms with Crippen molar-refractivity contribution in [3.63, 3.8) is 0 Å². The van der Waals surface area contributed by atoms with Gasteiger partial charge in [-0.3, -0.25) is 14.8 Å². The van der Waals surface area contributed by atoms with Crippen LogP contribution in [0.15, 0.2) is 18.3 Å². The van der Waals surface area contributed by atoms with Gasteiger partial charge in [-0.2, -0.15) is 10.4 Å². The second kappa shape index (κ2) is 8.83. The molecule has 1 atom stereocenters. The predicted octanol–water partition coefficient (Wildman–Crippen LogP) is 2.40. The number of piperidine rings is 1. The highest BCUT2D eigenvalue weighted by atomic mass is 35.5. The van der Waals surface area contributed by atoms with E-state index < -0.39 is 11.8 Å². The zero-order valence-corrected chi connectivity index (χ0v) is 18.0. The number of H-pyrrole nitrogens is 1. The van der Waals surface area contributed by atoms with Crippen molar-refractivity contribution in [2.45, 2.75) is 43.9 Å². The average molecular weight is 445 g/mol. The largest absolute Gasteiger partial charge is 0.481 e. The van der Waals surface area contributed by atoms with E-state index in [4.69, 9.17) is 16.3 Å². The van der Waals surface area contributed by atoms with Gasteiger partial charge in [0.25, 0.3) is 0 Å². The van der Waals surface area contributed by atoms with E-state index >= 15 is 0 Å². The standard InChI is InChI=1S/C21H25ClN6O3/c1-31-18-9-14(15(22)11-24-18)16-10-17(27-26-16)20(30)28-7-3-13(4-8-28)19(29)25-21(12-23)5-2-6-21/h9-11,13,20,30H,2-8H2,1H3,(H,25,29)(H,26,27). The van der Waals surface area contributed by atoms with Gasteiger partial charge in [0.05, 0.1) is 35.8 Å². The van der Waals surface area contributed by atoms with Crippen LogP contribution in [0, 0.1) is 17.2 Å². The molecule has 4 rings (SSSR count). The number of rotatable bonds is 6. The number of nitriles is 1. The number of hydrogen-bond donors (Lipinski definition) is 3. The zero-order valence-electron chi connectivity index (χ0n) is 17.3. The van der Waals surface area contributed by atoms with E-state index in [9.17, 15) is 15.2 Å². The van der Waals surface area contributed by atoms with Crippen LogP contribution in [0.2, 0.25) is 5.02 Å². The Balaban J connectivity index is 1.37. The number of nitrogens with one attached hydrogen (secondary N) is 2. The van der Waals surface area contributed by atoms with Crippen LogP contribution in [-0.2, 0) is 4.79 Å². The minimum absolute atomic E-state index is 0.0551. The van der Waals surface area contributed by atoms with Crippen LogP contribution in [-0.4, -0.2) is 56.8 Å². The summed E-state index contributed by atoms with van der Waals surface area (Å²) in [5, 5.41) is 30.7. The Bertz CT molecular complexity index is 991. The lowest BCUT2D eigenvalue weighted by atomic mass is 9.77. The molecule has 0 aromatic carbocycles. The van der Waals surface area contributed by atoms with Crippen LogP contribution in [0.25, 0.3) is 11.3 Å². The normalized spacial score (nSPS) is 19.8. The molecular weight excluding hydrogens is 420 g/mol. The van der Waals surface area contributed by atoms with Crippen molar-refractivity contribution < 1.29 is 14.6 Å². The number of ether oxygens (including phenoxy) is 1. The molecule has 2 aliphatic rings. The number of hydrogen-bond acceptors (Lipinski definition) is 7. The predicted molar refractivity (Wildman–Crippen MR) is 113 cm³/mol. The van der Waals surface area contributed by atoms with Gasteiger partial charge in [-0.25, -0.2) is 4.98 Å². The number of aromatic nitrogens is 3. The summed E-state index contributed by atoms with van der Waals surface area (Å²) < 4.78 is 5.14. The van der Waals surface area contributed by atoms with E-state index in [0.29, 0.717) is 53.8 Å². The quantitative estimate of drug-likeness (QED) is 0.624. The minimum Gasteiger partial charge on any atom is -0.481 e. The highest BCUT2D eigenvalue weighted by molar-refractivity contribution is 6.33. The third-order valence-electron chi connectivity index (χ3n) is 6.22. The Labute approximate surface area is 185 Å². The maximum atomic E-state index is 12.6. The van der Waals surface area contributed by atoms with Gasteiger partial charge in [-0.15, -0.1) is 0 Å². The lowest BCUT2D eigenvalue weighted by molar-refractivity contribution is -0.130. The fourth-order valence-electron chi connectivity index (χ4n) is 4.07. The summed E-state index contributed by atoms with van der Waals surface area (Å²) in [5.41, 5.74) is 1.11. The van der Waals surface area contributed by atoms with Gasteiger partial charge in [0.15, 0.2) is 0 Å². The molecule has 1 saturated carbocycles. The maximum absolute atomic E-state index is 12.6. The van der Waals surface area contributed by atoms with Gasteiger partial charge < -0.3 is 15.2 Å². The molecule has 1 amide bonds. The second-order valence-electron chi connectivity index (χ2n) is 8.14. The number of amides is 1. The fraction of sp³-hybridized carbons (Fsp3) is 0.524. The molecule has 1 aliphatic carbocycles. The fourth-order valence-corrected chi connectivity index (χ4v) is 4.27. The molecule has 2 fully saturated rings. The molecule has 0 radical (unpaired) electrons. The number of aliphatic hydroxyl groups is 1. The molecule has 9 nitrogen and oxygen atoms in total. The summed E-state index contributed by atoms with van der Waals surface area (Å²) in [5.74, 6) is 0.222. The topological polar surface area (TPSA) is 127 Å². The summed E-state index contributed by atoms with van der Waals surface area (Å²) in [6, 6.07) is 5.68. The van der Waals surface area contributed by atoms with Crippen molar-refractivity contribution in [2.75, 3.05) is 20.2 Å². The molecule has 164 valence electrons. The van der Waals surface area contributed by atoms with Crippen molar-refractivity contribution in [2.24, 2.45) is 5.92 Å². The van der Waals surface area contributed by atoms with E-state index in [1.54, 1.807) is 12.1 Å². The number of nitrogens with zero attached hydrogens (tertiary/aromatic N) is 4. The third kappa shape index (κ3) is 4.37. The molecule has 3 N–H and O–H groups in total. The molecule has 10 heteroatoms. The number of aromatic amines is 1. The molecule has 2 aromatic heterocycles. The molecule has 1 saturated heterocycles. The van der Waals surface area contributed by atoms with Crippen LogP contribution < -0.4 is 10.1 Å². The third-order valence-corrected chi connectivity index (χ3v) is 6.52. The first kappa shape index (κ1) is 21.6. The molecule has 2 aromatic rings. The van der Waals surface area contributed by atoms with E-state index in [2.05, 4.69) is 26.6 Å². The molecule has 1 aliphatic heterocycles. The minimum atomic E-state index is -0.871. The number of carbonyl (C=O) groups excluding carboxylic acids is 1. The van der Waals surface area contributed by atoms with Crippen LogP contribution in [0.3, 0.4) is 0 Å². The summed E-state index contributed by atoms with van der Waals surface area (Å²) in [4.78, 5) is 18.5. The molecule has 3 heterocycles. The monoisotopic (exact) mass is 444 g/mol. The Morgan fingerprint density at radius 2 is 2.19 bits per heavy atom. The van der Waals surface area contributed by atoms with Crippen molar-refractivity contribution >= 4 is 17.5 Å². The summed E-state index contributed by atoms with van der Waals surface area (Å²) in [7, 11) is 1.52. The maximum Gasteiger partial charge on any atom is 0.224 e. The summed E-state index contributed by atoms with van der Waals surface area (Å²) in [6.45, 7) is 1.13. The zero-order chi connectivity index (χ0) is 22.0. The number of pyridine rings is 1. The van der Waals surface area contributed by atoms with Crippen molar-refractivity contribution in [3.05, 3.63) is 29.0 Å². The first-order valence-corrected chi connectivity index (χ1v) is 10.7. The first-order valence-electron chi connectivity index (χ1n) is 10.4. The molecule has 31 heavy (non-hydrogen) atoms. The van der Waals surface area contributed by atoms with Gasteiger partial charge in [-0.1, -0.05) is 11.6 Å². The van der Waals surface area contributed by atoms with Gasteiger partial charge in [0, 0.05) is 30.6 Å². The molecule has 1 unspecified atom stereocenters. The summed E-state index contributed by atoms with van der Waals surface area (Å²) in [6.07, 6.45) is 4.30. The van der Waals surface area contributed by atoms with Crippen molar-refractivity contribution in [1.82, 2.24) is 25.4 Å². The van der Waals surface area contributed by atoms with Gasteiger partial charge in [0.1, 0.15) is 11.8 Å².